The van der Waals surface area contributed by atoms with Gasteiger partial charge in [-0.1, -0.05) is 132 Å². The van der Waals surface area contributed by atoms with Crippen LogP contribution in [-0.2, 0) is 0 Å². The second-order valence-corrected chi connectivity index (χ2v) is 18.5. The van der Waals surface area contributed by atoms with Gasteiger partial charge in [0.05, 0.1) is 0 Å². The average molecular weight is 583 g/mol. The molecule has 8 atom stereocenters. The van der Waals surface area contributed by atoms with Crippen molar-refractivity contribution in [2.45, 2.75) is 158 Å². The van der Waals surface area contributed by atoms with E-state index in [2.05, 4.69) is 150 Å². The Kier molecular flexibility index (Phi) is 12.4. The zero-order valence-electron chi connectivity index (χ0n) is 31.5. The Morgan fingerprint density at radius 1 is 0.643 bits per heavy atom. The molecule has 5 saturated carbocycles. The first-order valence-corrected chi connectivity index (χ1v) is 17.4. The van der Waals surface area contributed by atoms with Crippen LogP contribution in [0.3, 0.4) is 0 Å². The zero-order chi connectivity index (χ0) is 32.1. The van der Waals surface area contributed by atoms with Gasteiger partial charge in [-0.3, -0.25) is 0 Å². The van der Waals surface area contributed by atoms with Crippen molar-refractivity contribution < 1.29 is 0 Å². The molecule has 246 valence electrons. The molecule has 0 nitrogen and oxygen atoms in total. The van der Waals surface area contributed by atoms with E-state index in [0.717, 1.165) is 52.8 Å². The summed E-state index contributed by atoms with van der Waals surface area (Å²) >= 11 is 0. The van der Waals surface area contributed by atoms with Crippen LogP contribution in [0.5, 0.6) is 0 Å². The van der Waals surface area contributed by atoms with Crippen LogP contribution >= 0.6 is 0 Å². The molecule has 0 amide bonds. The molecule has 0 heterocycles. The highest BCUT2D eigenvalue weighted by molar-refractivity contribution is 5.25. The van der Waals surface area contributed by atoms with E-state index in [0.29, 0.717) is 21.7 Å². The van der Waals surface area contributed by atoms with Crippen LogP contribution in [0.15, 0.2) is 34.9 Å². The summed E-state index contributed by atoms with van der Waals surface area (Å²) in [5.41, 5.74) is 7.46. The van der Waals surface area contributed by atoms with Crippen molar-refractivity contribution in [2.75, 3.05) is 0 Å². The van der Waals surface area contributed by atoms with E-state index in [4.69, 9.17) is 0 Å². The molecule has 0 aromatic carbocycles. The molecule has 0 N–H and O–H groups in total. The maximum absolute atomic E-state index is 2.47. The van der Waals surface area contributed by atoms with Crippen molar-refractivity contribution in [3.05, 3.63) is 34.9 Å². The maximum atomic E-state index is 2.47. The standard InChI is InChI=1S/C11H20.C10H16.C10H20.C10H18.CH4/c1-8(2)7-11(6)9(3)10(11,4)5;1-7(2)6-9-8(3)10(9)4-5-10;2*1-7(2)6-9-8(3)10(9,4)5;/h7,9H,1-6H3;6,8-9H,4-5H2,1-3H3;7-9H,6H2,1-5H3;6,8-9H,1-5H3;1H4. The molecular weight excluding hydrogens is 504 g/mol. The second-order valence-electron chi connectivity index (χ2n) is 18.5. The van der Waals surface area contributed by atoms with Crippen molar-refractivity contribution in [2.24, 2.45) is 74.4 Å². The second kappa shape index (κ2) is 13.3. The van der Waals surface area contributed by atoms with Crippen LogP contribution in [0.2, 0.25) is 0 Å². The van der Waals surface area contributed by atoms with E-state index < -0.39 is 0 Å². The van der Waals surface area contributed by atoms with E-state index >= 15 is 0 Å². The summed E-state index contributed by atoms with van der Waals surface area (Å²) in [6, 6.07) is 0. The van der Waals surface area contributed by atoms with Gasteiger partial charge in [-0.15, -0.1) is 0 Å². The molecule has 0 saturated heterocycles. The van der Waals surface area contributed by atoms with Gasteiger partial charge < -0.3 is 0 Å². The Hall–Kier alpha value is -0.780. The fraction of sp³-hybridized carbons (Fsp3) is 0.857. The van der Waals surface area contributed by atoms with Gasteiger partial charge in [0.2, 0.25) is 0 Å². The molecule has 0 heteroatoms. The van der Waals surface area contributed by atoms with Crippen LogP contribution in [0.1, 0.15) is 158 Å². The predicted octanol–water partition coefficient (Wildman–Crippen LogP) is 13.8. The summed E-state index contributed by atoms with van der Waals surface area (Å²) in [6.45, 7) is 43.8. The van der Waals surface area contributed by atoms with Crippen molar-refractivity contribution in [3.63, 3.8) is 0 Å². The Morgan fingerprint density at radius 3 is 1.17 bits per heavy atom. The van der Waals surface area contributed by atoms with Gasteiger partial charge >= 0.3 is 0 Å². The molecule has 0 aromatic rings. The number of hydrogen-bond donors (Lipinski definition) is 0. The lowest BCUT2D eigenvalue weighted by atomic mass is 9.96. The van der Waals surface area contributed by atoms with E-state index in [1.165, 1.54) is 36.0 Å². The topological polar surface area (TPSA) is 0 Å². The molecule has 5 aliphatic rings. The Balaban J connectivity index is 0.000000278. The number of hydrogen-bond acceptors (Lipinski definition) is 0. The summed E-state index contributed by atoms with van der Waals surface area (Å²) in [6.07, 6.45) is 11.7. The summed E-state index contributed by atoms with van der Waals surface area (Å²) in [7, 11) is 0. The summed E-state index contributed by atoms with van der Waals surface area (Å²) in [5.74, 6) is 7.39. The third kappa shape index (κ3) is 8.47. The fourth-order valence-electron chi connectivity index (χ4n) is 8.26. The first-order valence-electron chi connectivity index (χ1n) is 17.4. The molecule has 5 fully saturated rings. The minimum absolute atomic E-state index is 0. The molecule has 0 aromatic heterocycles. The molecular formula is C42H78. The highest BCUT2D eigenvalue weighted by Gasteiger charge is 2.68. The summed E-state index contributed by atoms with van der Waals surface area (Å²) in [4.78, 5) is 0. The smallest absolute Gasteiger partial charge is 0.00591 e. The van der Waals surface area contributed by atoms with Crippen molar-refractivity contribution in [1.29, 1.82) is 0 Å². The van der Waals surface area contributed by atoms with Crippen molar-refractivity contribution in [1.82, 2.24) is 0 Å². The van der Waals surface area contributed by atoms with Crippen LogP contribution in [-0.4, -0.2) is 0 Å². The van der Waals surface area contributed by atoms with Crippen LogP contribution in [0, 0.1) is 74.4 Å². The lowest BCUT2D eigenvalue weighted by molar-refractivity contribution is 0.462. The highest BCUT2D eigenvalue weighted by atomic mass is 14.7. The molecule has 5 aliphatic carbocycles. The molecule has 0 bridgehead atoms. The molecule has 0 aliphatic heterocycles. The number of allylic oxidation sites excluding steroid dienone is 6. The lowest BCUT2D eigenvalue weighted by Crippen LogP contribution is -1.99. The predicted molar refractivity (Wildman–Crippen MR) is 193 cm³/mol. The van der Waals surface area contributed by atoms with Gasteiger partial charge in [0.15, 0.2) is 0 Å². The normalized spacial score (nSPS) is 37.0. The molecule has 42 heavy (non-hydrogen) atoms. The molecule has 0 radical (unpaired) electrons. The SMILES string of the molecule is C.CC(C)=CC1(C)C(C)C1(C)C.CC(C)=CC1C(C)C1(C)C.CC(C)=CC1C(C)C12CC2.CC(C)CC1C(C)C1(C)C. The first kappa shape index (κ1) is 39.2. The van der Waals surface area contributed by atoms with Gasteiger partial charge in [-0.25, -0.2) is 0 Å². The van der Waals surface area contributed by atoms with E-state index in [9.17, 15) is 0 Å². The molecule has 8 unspecified atom stereocenters. The Morgan fingerprint density at radius 2 is 1.02 bits per heavy atom. The lowest BCUT2D eigenvalue weighted by Gasteiger charge is -2.09. The van der Waals surface area contributed by atoms with Crippen molar-refractivity contribution in [3.8, 4) is 0 Å². The monoisotopic (exact) mass is 583 g/mol. The van der Waals surface area contributed by atoms with Crippen LogP contribution in [0.4, 0.5) is 0 Å². The maximum Gasteiger partial charge on any atom is -0.00591 e. The minimum Gasteiger partial charge on any atom is -0.0819 e. The summed E-state index contributed by atoms with van der Waals surface area (Å²) in [5, 5.41) is 0. The van der Waals surface area contributed by atoms with Gasteiger partial charge in [-0.2, -0.15) is 0 Å². The summed E-state index contributed by atoms with van der Waals surface area (Å²) < 4.78 is 0. The van der Waals surface area contributed by atoms with Crippen molar-refractivity contribution >= 4 is 0 Å². The van der Waals surface area contributed by atoms with Gasteiger partial charge in [0, 0.05) is 0 Å². The van der Waals surface area contributed by atoms with E-state index in [1.54, 1.807) is 0 Å². The largest absolute Gasteiger partial charge is 0.0819 e. The number of rotatable bonds is 5. The van der Waals surface area contributed by atoms with Gasteiger partial charge in [-0.05, 0) is 135 Å². The average Bonchev–Trinajstić information content (AvgIpc) is 3.80. The third-order valence-corrected chi connectivity index (χ3v) is 13.5. The van der Waals surface area contributed by atoms with E-state index in [-0.39, 0.29) is 7.43 Å². The van der Waals surface area contributed by atoms with Gasteiger partial charge in [0.1, 0.15) is 0 Å². The molecule has 5 rings (SSSR count). The first-order chi connectivity index (χ1) is 18.4. The highest BCUT2D eigenvalue weighted by Crippen LogP contribution is 2.75. The fourth-order valence-corrected chi connectivity index (χ4v) is 8.26. The van der Waals surface area contributed by atoms with Crippen LogP contribution < -0.4 is 0 Å². The Labute approximate surface area is 267 Å². The minimum atomic E-state index is 0. The Bertz CT molecular complexity index is 947. The third-order valence-electron chi connectivity index (χ3n) is 13.5. The van der Waals surface area contributed by atoms with Crippen LogP contribution in [0.25, 0.3) is 0 Å². The molecule has 1 spiro atoms. The van der Waals surface area contributed by atoms with E-state index in [1.807, 2.05) is 0 Å². The quantitative estimate of drug-likeness (QED) is 0.283. The van der Waals surface area contributed by atoms with Gasteiger partial charge in [0.25, 0.3) is 0 Å². The zero-order valence-corrected chi connectivity index (χ0v) is 31.5.